The van der Waals surface area contributed by atoms with E-state index in [2.05, 4.69) is 26.9 Å². The van der Waals surface area contributed by atoms with Crippen molar-refractivity contribution in [1.82, 2.24) is 15.4 Å². The lowest BCUT2D eigenvalue weighted by Crippen LogP contribution is -2.31. The number of hydrogen-bond acceptors (Lipinski definition) is 5. The van der Waals surface area contributed by atoms with Gasteiger partial charge in [-0.25, -0.2) is 10.4 Å². The van der Waals surface area contributed by atoms with Gasteiger partial charge in [0.2, 0.25) is 0 Å². The van der Waals surface area contributed by atoms with E-state index in [0.717, 1.165) is 0 Å². The summed E-state index contributed by atoms with van der Waals surface area (Å²) in [6.07, 6.45) is 5.25. The fourth-order valence-corrected chi connectivity index (χ4v) is 0.749. The van der Waals surface area contributed by atoms with Gasteiger partial charge in [0.15, 0.2) is 5.82 Å². The van der Waals surface area contributed by atoms with Crippen LogP contribution < -0.4 is 10.9 Å². The highest BCUT2D eigenvalue weighted by Gasteiger charge is 1.98. The van der Waals surface area contributed by atoms with E-state index in [4.69, 9.17) is 5.26 Å². The van der Waals surface area contributed by atoms with E-state index >= 15 is 0 Å². The highest BCUT2D eigenvalue weighted by molar-refractivity contribution is 5.27. The summed E-state index contributed by atoms with van der Waals surface area (Å²) < 4.78 is 0. The van der Waals surface area contributed by atoms with E-state index in [0.29, 0.717) is 12.2 Å². The number of nitriles is 1. The molecule has 1 heterocycles. The summed E-state index contributed by atoms with van der Waals surface area (Å²) in [4.78, 5) is 7.87. The molecule has 1 atom stereocenters. The maximum absolute atomic E-state index is 8.39. The standard InChI is InChI=1S/C8H11N5/c1-7(2-3-9)12-13-8-6-10-4-5-11-8/h4-7,12H,2H2,1H3,(H,11,13). The quantitative estimate of drug-likeness (QED) is 0.662. The number of nitrogens with one attached hydrogen (secondary N) is 2. The first kappa shape index (κ1) is 9.42. The smallest absolute Gasteiger partial charge is 0.158 e. The monoisotopic (exact) mass is 177 g/mol. The zero-order valence-electron chi connectivity index (χ0n) is 7.36. The van der Waals surface area contributed by atoms with Gasteiger partial charge in [0.25, 0.3) is 0 Å². The van der Waals surface area contributed by atoms with Crippen LogP contribution in [0.3, 0.4) is 0 Å². The normalized spacial score (nSPS) is 11.7. The van der Waals surface area contributed by atoms with Crippen LogP contribution in [0.4, 0.5) is 5.82 Å². The molecule has 2 N–H and O–H groups in total. The number of rotatable bonds is 4. The molecule has 68 valence electrons. The van der Waals surface area contributed by atoms with Gasteiger partial charge in [-0.1, -0.05) is 0 Å². The molecule has 1 aromatic rings. The van der Waals surface area contributed by atoms with Crippen LogP contribution in [0.1, 0.15) is 13.3 Å². The summed E-state index contributed by atoms with van der Waals surface area (Å²) in [7, 11) is 0. The van der Waals surface area contributed by atoms with E-state index in [1.165, 1.54) is 0 Å². The number of aromatic nitrogens is 2. The van der Waals surface area contributed by atoms with Crippen molar-refractivity contribution in [2.45, 2.75) is 19.4 Å². The topological polar surface area (TPSA) is 73.6 Å². The average molecular weight is 177 g/mol. The van der Waals surface area contributed by atoms with Gasteiger partial charge in [-0.3, -0.25) is 4.98 Å². The van der Waals surface area contributed by atoms with Crippen molar-refractivity contribution in [1.29, 1.82) is 5.26 Å². The van der Waals surface area contributed by atoms with Crippen molar-refractivity contribution in [2.75, 3.05) is 5.43 Å². The predicted molar refractivity (Wildman–Crippen MR) is 48.5 cm³/mol. The lowest BCUT2D eigenvalue weighted by atomic mass is 10.3. The molecular weight excluding hydrogens is 166 g/mol. The minimum absolute atomic E-state index is 0.0898. The van der Waals surface area contributed by atoms with Gasteiger partial charge >= 0.3 is 0 Å². The molecular formula is C8H11N5. The lowest BCUT2D eigenvalue weighted by molar-refractivity contribution is 0.615. The minimum atomic E-state index is 0.0898. The third kappa shape index (κ3) is 3.49. The van der Waals surface area contributed by atoms with Gasteiger partial charge in [-0.05, 0) is 6.92 Å². The Morgan fingerprint density at radius 3 is 3.08 bits per heavy atom. The van der Waals surface area contributed by atoms with Gasteiger partial charge in [0, 0.05) is 18.4 Å². The van der Waals surface area contributed by atoms with E-state index in [1.807, 2.05) is 6.92 Å². The van der Waals surface area contributed by atoms with Crippen molar-refractivity contribution >= 4 is 5.82 Å². The van der Waals surface area contributed by atoms with Crippen LogP contribution >= 0.6 is 0 Å². The minimum Gasteiger partial charge on any atom is -0.304 e. The predicted octanol–water partition coefficient (Wildman–Crippen LogP) is 0.695. The largest absolute Gasteiger partial charge is 0.304 e. The molecule has 0 spiro atoms. The maximum Gasteiger partial charge on any atom is 0.158 e. The van der Waals surface area contributed by atoms with Gasteiger partial charge in [0.05, 0.1) is 18.7 Å². The Balaban J connectivity index is 2.32. The molecule has 1 aromatic heterocycles. The van der Waals surface area contributed by atoms with E-state index in [-0.39, 0.29) is 6.04 Å². The molecule has 0 saturated heterocycles. The highest BCUT2D eigenvalue weighted by atomic mass is 15.4. The number of anilines is 1. The Labute approximate surface area is 76.8 Å². The van der Waals surface area contributed by atoms with E-state index < -0.39 is 0 Å². The SMILES string of the molecule is CC(CC#N)NNc1cnccn1. The van der Waals surface area contributed by atoms with Crippen molar-refractivity contribution < 1.29 is 0 Å². The van der Waals surface area contributed by atoms with Crippen LogP contribution in [0.2, 0.25) is 0 Å². The van der Waals surface area contributed by atoms with Crippen LogP contribution in [0, 0.1) is 11.3 Å². The maximum atomic E-state index is 8.39. The van der Waals surface area contributed by atoms with Gasteiger partial charge in [0.1, 0.15) is 0 Å². The van der Waals surface area contributed by atoms with Crippen molar-refractivity contribution in [3.8, 4) is 6.07 Å². The van der Waals surface area contributed by atoms with Crippen LogP contribution in [0.15, 0.2) is 18.6 Å². The fraction of sp³-hybridized carbons (Fsp3) is 0.375. The lowest BCUT2D eigenvalue weighted by Gasteiger charge is -2.10. The first-order chi connectivity index (χ1) is 6.33. The molecule has 0 radical (unpaired) electrons. The molecule has 0 aliphatic rings. The first-order valence-electron chi connectivity index (χ1n) is 3.97. The summed E-state index contributed by atoms with van der Waals surface area (Å²) in [5.74, 6) is 0.646. The molecule has 1 unspecified atom stereocenters. The van der Waals surface area contributed by atoms with Crippen molar-refractivity contribution in [2.24, 2.45) is 0 Å². The van der Waals surface area contributed by atoms with Gasteiger partial charge in [-0.2, -0.15) is 5.26 Å². The molecule has 0 aliphatic heterocycles. The number of hydrazine groups is 1. The Morgan fingerprint density at radius 2 is 2.46 bits per heavy atom. The number of nitrogens with zero attached hydrogens (tertiary/aromatic N) is 3. The van der Waals surface area contributed by atoms with Crippen molar-refractivity contribution in [3.05, 3.63) is 18.6 Å². The molecule has 0 amide bonds. The molecule has 5 heteroatoms. The zero-order chi connectivity index (χ0) is 9.52. The molecule has 1 rings (SSSR count). The van der Waals surface area contributed by atoms with Crippen molar-refractivity contribution in [3.63, 3.8) is 0 Å². The van der Waals surface area contributed by atoms with E-state index in [1.54, 1.807) is 18.6 Å². The molecule has 0 aromatic carbocycles. The number of hydrogen-bond donors (Lipinski definition) is 2. The Morgan fingerprint density at radius 1 is 1.62 bits per heavy atom. The summed E-state index contributed by atoms with van der Waals surface area (Å²) >= 11 is 0. The van der Waals surface area contributed by atoms with Crippen LogP contribution in [-0.4, -0.2) is 16.0 Å². The highest BCUT2D eigenvalue weighted by Crippen LogP contribution is 1.95. The Kier molecular flexibility index (Phi) is 3.67. The molecule has 13 heavy (non-hydrogen) atoms. The van der Waals surface area contributed by atoms with Crippen LogP contribution in [0.25, 0.3) is 0 Å². The zero-order valence-corrected chi connectivity index (χ0v) is 7.36. The Bertz CT molecular complexity index is 278. The average Bonchev–Trinajstić information content (AvgIpc) is 2.17. The first-order valence-corrected chi connectivity index (χ1v) is 3.97. The summed E-state index contributed by atoms with van der Waals surface area (Å²) in [6.45, 7) is 1.91. The fourth-order valence-electron chi connectivity index (χ4n) is 0.749. The van der Waals surface area contributed by atoms with Gasteiger partial charge in [-0.15, -0.1) is 0 Å². The third-order valence-corrected chi connectivity index (χ3v) is 1.41. The summed E-state index contributed by atoms with van der Waals surface area (Å²) in [5, 5.41) is 8.39. The Hall–Kier alpha value is -1.67. The van der Waals surface area contributed by atoms with Crippen LogP contribution in [0.5, 0.6) is 0 Å². The molecule has 0 aliphatic carbocycles. The summed E-state index contributed by atoms with van der Waals surface area (Å²) in [5.41, 5.74) is 5.78. The van der Waals surface area contributed by atoms with Crippen LogP contribution in [-0.2, 0) is 0 Å². The summed E-state index contributed by atoms with van der Waals surface area (Å²) in [6, 6.07) is 2.16. The second-order valence-corrected chi connectivity index (χ2v) is 2.62. The second kappa shape index (κ2) is 5.06. The molecule has 5 nitrogen and oxygen atoms in total. The molecule has 0 fully saturated rings. The molecule has 0 bridgehead atoms. The third-order valence-electron chi connectivity index (χ3n) is 1.41. The molecule has 0 saturated carbocycles. The van der Waals surface area contributed by atoms with E-state index in [9.17, 15) is 0 Å². The van der Waals surface area contributed by atoms with Gasteiger partial charge < -0.3 is 5.43 Å². The second-order valence-electron chi connectivity index (χ2n) is 2.62.